The zero-order chi connectivity index (χ0) is 11.4. The molecule has 82 valence electrons. The molecule has 1 amide bonds. The number of likely N-dealkylation sites (N-methyl/N-ethyl adjacent to an activating group) is 1. The molecule has 1 unspecified atom stereocenters. The summed E-state index contributed by atoms with van der Waals surface area (Å²) in [5, 5.41) is 8.92. The Hall–Kier alpha value is -1.62. The molecule has 0 aliphatic heterocycles. The smallest absolute Gasteiger partial charge is 0.274 e. The van der Waals surface area contributed by atoms with Gasteiger partial charge in [0.05, 0.1) is 18.3 Å². The Morgan fingerprint density at radius 2 is 2.40 bits per heavy atom. The first kappa shape index (κ1) is 11.5. The highest BCUT2D eigenvalue weighted by atomic mass is 16.3. The van der Waals surface area contributed by atoms with E-state index < -0.39 is 0 Å². The Morgan fingerprint density at radius 3 is 2.93 bits per heavy atom. The summed E-state index contributed by atoms with van der Waals surface area (Å²) in [7, 11) is 1.61. The zero-order valence-corrected chi connectivity index (χ0v) is 8.84. The van der Waals surface area contributed by atoms with Gasteiger partial charge in [0.2, 0.25) is 0 Å². The van der Waals surface area contributed by atoms with Gasteiger partial charge in [-0.05, 0) is 19.1 Å². The van der Waals surface area contributed by atoms with Crippen LogP contribution in [0.2, 0.25) is 0 Å². The lowest BCUT2D eigenvalue weighted by molar-refractivity contribution is 0.0677. The Balaban J connectivity index is 2.90. The number of carbonyl (C=O) groups excluding carboxylic acids is 1. The monoisotopic (exact) mass is 209 g/mol. The van der Waals surface area contributed by atoms with Crippen molar-refractivity contribution in [3.63, 3.8) is 0 Å². The minimum atomic E-state index is -0.283. The Labute approximate surface area is 88.5 Å². The van der Waals surface area contributed by atoms with E-state index >= 15 is 0 Å². The summed E-state index contributed by atoms with van der Waals surface area (Å²) in [5.41, 5.74) is 6.20. The Morgan fingerprint density at radius 1 is 1.73 bits per heavy atom. The van der Waals surface area contributed by atoms with E-state index in [0.29, 0.717) is 5.69 Å². The summed E-state index contributed by atoms with van der Waals surface area (Å²) in [6.45, 7) is 1.66. The molecule has 1 aromatic heterocycles. The molecule has 0 bridgehead atoms. The molecule has 5 nitrogen and oxygen atoms in total. The molecule has 0 spiro atoms. The lowest BCUT2D eigenvalue weighted by Gasteiger charge is -2.23. The van der Waals surface area contributed by atoms with Crippen LogP contribution in [-0.4, -0.2) is 40.6 Å². The topological polar surface area (TPSA) is 79.5 Å². The number of aromatic nitrogens is 1. The van der Waals surface area contributed by atoms with Crippen molar-refractivity contribution in [2.24, 2.45) is 0 Å². The zero-order valence-electron chi connectivity index (χ0n) is 8.84. The second-order valence-corrected chi connectivity index (χ2v) is 3.39. The molecule has 0 saturated carbocycles. The van der Waals surface area contributed by atoms with Gasteiger partial charge in [-0.3, -0.25) is 4.79 Å². The summed E-state index contributed by atoms with van der Waals surface area (Å²) < 4.78 is 0. The maximum absolute atomic E-state index is 11.8. The highest BCUT2D eigenvalue weighted by Crippen LogP contribution is 2.10. The highest BCUT2D eigenvalue weighted by molar-refractivity contribution is 5.97. The molecule has 1 heterocycles. The van der Waals surface area contributed by atoms with E-state index in [9.17, 15) is 4.79 Å². The van der Waals surface area contributed by atoms with Crippen molar-refractivity contribution in [2.45, 2.75) is 13.0 Å². The molecule has 3 N–H and O–H groups in total. The lowest BCUT2D eigenvalue weighted by atomic mass is 10.2. The standard InChI is InChI=1S/C10H15N3O2/c1-7(6-14)13(2)10(15)9-8(11)4-3-5-12-9/h3-5,7,14H,6,11H2,1-2H3. The van der Waals surface area contributed by atoms with Gasteiger partial charge in [0, 0.05) is 13.2 Å². The van der Waals surface area contributed by atoms with Gasteiger partial charge in [0.1, 0.15) is 0 Å². The van der Waals surface area contributed by atoms with Crippen LogP contribution in [0.1, 0.15) is 17.4 Å². The number of nitrogens with zero attached hydrogens (tertiary/aromatic N) is 2. The van der Waals surface area contributed by atoms with Crippen molar-refractivity contribution < 1.29 is 9.90 Å². The first-order valence-corrected chi connectivity index (χ1v) is 4.66. The fraction of sp³-hybridized carbons (Fsp3) is 0.400. The summed E-state index contributed by atoms with van der Waals surface area (Å²) in [6.07, 6.45) is 1.51. The normalized spacial score (nSPS) is 12.2. The molecule has 1 rings (SSSR count). The number of aliphatic hydroxyl groups excluding tert-OH is 1. The van der Waals surface area contributed by atoms with E-state index in [0.717, 1.165) is 0 Å². The third kappa shape index (κ3) is 2.44. The second-order valence-electron chi connectivity index (χ2n) is 3.39. The van der Waals surface area contributed by atoms with Crippen LogP contribution in [0, 0.1) is 0 Å². The number of amides is 1. The molecule has 1 aromatic rings. The van der Waals surface area contributed by atoms with Gasteiger partial charge >= 0.3 is 0 Å². The number of nitrogen functional groups attached to an aromatic ring is 1. The van der Waals surface area contributed by atoms with Crippen LogP contribution in [-0.2, 0) is 0 Å². The van der Waals surface area contributed by atoms with Gasteiger partial charge in [-0.25, -0.2) is 4.98 Å². The minimum Gasteiger partial charge on any atom is -0.397 e. The van der Waals surface area contributed by atoms with Crippen LogP contribution in [0.3, 0.4) is 0 Å². The number of rotatable bonds is 3. The SMILES string of the molecule is CC(CO)N(C)C(=O)c1ncccc1N. The summed E-state index contributed by atoms with van der Waals surface area (Å²) in [6, 6.07) is 3.04. The molecule has 5 heteroatoms. The lowest BCUT2D eigenvalue weighted by Crippen LogP contribution is -2.38. The average molecular weight is 209 g/mol. The Bertz CT molecular complexity index is 354. The number of hydrogen-bond donors (Lipinski definition) is 2. The van der Waals surface area contributed by atoms with Crippen molar-refractivity contribution in [1.29, 1.82) is 0 Å². The molecule has 0 saturated heterocycles. The van der Waals surface area contributed by atoms with E-state index in [2.05, 4.69) is 4.98 Å². The predicted octanol–water partition coefficient (Wildman–Crippen LogP) is 0.117. The van der Waals surface area contributed by atoms with Crippen LogP contribution in [0.4, 0.5) is 5.69 Å². The maximum Gasteiger partial charge on any atom is 0.274 e. The average Bonchev–Trinajstić information content (AvgIpc) is 2.26. The van der Waals surface area contributed by atoms with Crippen molar-refractivity contribution in [3.05, 3.63) is 24.0 Å². The van der Waals surface area contributed by atoms with Gasteiger partial charge < -0.3 is 15.7 Å². The molecule has 15 heavy (non-hydrogen) atoms. The fourth-order valence-corrected chi connectivity index (χ4v) is 1.09. The summed E-state index contributed by atoms with van der Waals surface area (Å²) in [4.78, 5) is 17.2. The van der Waals surface area contributed by atoms with Crippen LogP contribution >= 0.6 is 0 Å². The molecule has 0 aliphatic rings. The van der Waals surface area contributed by atoms with E-state index in [1.807, 2.05) is 0 Å². The third-order valence-corrected chi connectivity index (χ3v) is 2.29. The fourth-order valence-electron chi connectivity index (χ4n) is 1.09. The number of pyridine rings is 1. The number of hydrogen-bond acceptors (Lipinski definition) is 4. The maximum atomic E-state index is 11.8. The van der Waals surface area contributed by atoms with E-state index in [1.54, 1.807) is 26.1 Å². The van der Waals surface area contributed by atoms with Gasteiger partial charge in [0.25, 0.3) is 5.91 Å². The van der Waals surface area contributed by atoms with Crippen molar-refractivity contribution in [3.8, 4) is 0 Å². The first-order chi connectivity index (χ1) is 7.07. The molecule has 1 atom stereocenters. The van der Waals surface area contributed by atoms with Gasteiger partial charge in [-0.2, -0.15) is 0 Å². The number of nitrogens with two attached hydrogens (primary N) is 1. The molecule has 0 aliphatic carbocycles. The van der Waals surface area contributed by atoms with Gasteiger partial charge in [0.15, 0.2) is 5.69 Å². The third-order valence-electron chi connectivity index (χ3n) is 2.29. The summed E-state index contributed by atoms with van der Waals surface area (Å²) in [5.74, 6) is -0.283. The molecular formula is C10H15N3O2. The molecule has 0 aromatic carbocycles. The number of carbonyl (C=O) groups is 1. The van der Waals surface area contributed by atoms with E-state index in [-0.39, 0.29) is 24.2 Å². The molecular weight excluding hydrogens is 194 g/mol. The number of anilines is 1. The van der Waals surface area contributed by atoms with Gasteiger partial charge in [-0.15, -0.1) is 0 Å². The quantitative estimate of drug-likeness (QED) is 0.740. The van der Waals surface area contributed by atoms with Crippen molar-refractivity contribution in [1.82, 2.24) is 9.88 Å². The largest absolute Gasteiger partial charge is 0.397 e. The van der Waals surface area contributed by atoms with E-state index in [4.69, 9.17) is 10.8 Å². The van der Waals surface area contributed by atoms with Crippen LogP contribution < -0.4 is 5.73 Å². The van der Waals surface area contributed by atoms with Gasteiger partial charge in [-0.1, -0.05) is 0 Å². The van der Waals surface area contributed by atoms with Crippen LogP contribution in [0.5, 0.6) is 0 Å². The Kier molecular flexibility index (Phi) is 3.62. The summed E-state index contributed by atoms with van der Waals surface area (Å²) >= 11 is 0. The molecule has 0 fully saturated rings. The highest BCUT2D eigenvalue weighted by Gasteiger charge is 2.19. The van der Waals surface area contributed by atoms with Crippen LogP contribution in [0.25, 0.3) is 0 Å². The van der Waals surface area contributed by atoms with E-state index in [1.165, 1.54) is 11.1 Å². The van der Waals surface area contributed by atoms with Crippen LogP contribution in [0.15, 0.2) is 18.3 Å². The van der Waals surface area contributed by atoms with Crippen molar-refractivity contribution in [2.75, 3.05) is 19.4 Å². The number of aliphatic hydroxyl groups is 1. The first-order valence-electron chi connectivity index (χ1n) is 4.66. The second kappa shape index (κ2) is 4.75. The molecule has 0 radical (unpaired) electrons. The minimum absolute atomic E-state index is 0.0883. The van der Waals surface area contributed by atoms with Crippen molar-refractivity contribution >= 4 is 11.6 Å². The predicted molar refractivity (Wildman–Crippen MR) is 57.3 cm³/mol.